The number of hydrogen-bond acceptors (Lipinski definition) is 8. The summed E-state index contributed by atoms with van der Waals surface area (Å²) in [6, 6.07) is 2.38. The molecule has 1 aromatic rings. The molecule has 0 aromatic heterocycles. The van der Waals surface area contributed by atoms with Crippen LogP contribution in [-0.2, 0) is 24.5 Å². The van der Waals surface area contributed by atoms with Crippen molar-refractivity contribution in [2.75, 3.05) is 6.54 Å². The van der Waals surface area contributed by atoms with Crippen molar-refractivity contribution in [3.8, 4) is 5.75 Å². The summed E-state index contributed by atoms with van der Waals surface area (Å²) in [5.74, 6) is -1.98. The topological polar surface area (TPSA) is 161 Å². The Morgan fingerprint density at radius 3 is 2.31 bits per heavy atom. The van der Waals surface area contributed by atoms with Gasteiger partial charge in [-0.2, -0.15) is 8.42 Å². The number of nitrogens with zero attached hydrogens (tertiary/aromatic N) is 2. The second-order valence-corrected chi connectivity index (χ2v) is 7.23. The molecule has 2 rings (SSSR count). The van der Waals surface area contributed by atoms with Crippen molar-refractivity contribution in [1.82, 2.24) is 4.90 Å². The molecule has 0 bridgehead atoms. The molecule has 29 heavy (non-hydrogen) atoms. The number of carbonyl (C=O) groups excluding carboxylic acids is 3. The number of nitro benzene ring substituents is 1. The SMILES string of the molecule is O=C(CCCCCN1C(=O)C=CC1=O)Oc1ccc(S(=O)(=O)O)cc1[N+](=O)[O-].[NaH]. The van der Waals surface area contributed by atoms with E-state index in [2.05, 4.69) is 0 Å². The zero-order valence-corrected chi connectivity index (χ0v) is 15.3. The van der Waals surface area contributed by atoms with Crippen LogP contribution in [0, 0.1) is 10.1 Å². The molecular formula is C16H17N2NaO9S. The maximum atomic E-state index is 11.9. The predicted octanol–water partition coefficient (Wildman–Crippen LogP) is 0.584. The van der Waals surface area contributed by atoms with Gasteiger partial charge >= 0.3 is 41.2 Å². The second-order valence-electron chi connectivity index (χ2n) is 5.81. The number of esters is 1. The van der Waals surface area contributed by atoms with E-state index in [4.69, 9.17) is 9.29 Å². The molecule has 0 fully saturated rings. The Hall–Kier alpha value is -2.12. The van der Waals surface area contributed by atoms with E-state index in [-0.39, 0.29) is 54.3 Å². The van der Waals surface area contributed by atoms with Crippen LogP contribution < -0.4 is 4.74 Å². The fourth-order valence-corrected chi connectivity index (χ4v) is 2.93. The van der Waals surface area contributed by atoms with E-state index in [1.807, 2.05) is 0 Å². The van der Waals surface area contributed by atoms with E-state index in [1.54, 1.807) is 0 Å². The summed E-state index contributed by atoms with van der Waals surface area (Å²) in [7, 11) is -4.64. The summed E-state index contributed by atoms with van der Waals surface area (Å²) < 4.78 is 36.0. The molecular weight excluding hydrogens is 419 g/mol. The van der Waals surface area contributed by atoms with Crippen LogP contribution in [0.25, 0.3) is 0 Å². The van der Waals surface area contributed by atoms with Crippen molar-refractivity contribution in [1.29, 1.82) is 0 Å². The molecule has 1 aliphatic rings. The van der Waals surface area contributed by atoms with Crippen LogP contribution in [-0.4, -0.2) is 76.7 Å². The number of imide groups is 1. The van der Waals surface area contributed by atoms with Gasteiger partial charge in [0.05, 0.1) is 4.92 Å². The molecule has 13 heteroatoms. The van der Waals surface area contributed by atoms with Crippen LogP contribution in [0.4, 0.5) is 5.69 Å². The van der Waals surface area contributed by atoms with Gasteiger partial charge in [0, 0.05) is 31.2 Å². The number of amides is 2. The first-order valence-electron chi connectivity index (χ1n) is 8.10. The van der Waals surface area contributed by atoms with E-state index in [9.17, 15) is 32.9 Å². The zero-order valence-electron chi connectivity index (χ0n) is 14.4. The summed E-state index contributed by atoms with van der Waals surface area (Å²) in [6.45, 7) is 0.224. The van der Waals surface area contributed by atoms with Gasteiger partial charge in [-0.25, -0.2) is 0 Å². The van der Waals surface area contributed by atoms with Crippen LogP contribution in [0.1, 0.15) is 25.7 Å². The average molecular weight is 436 g/mol. The van der Waals surface area contributed by atoms with E-state index >= 15 is 0 Å². The Labute approximate surface area is 187 Å². The molecule has 0 unspecified atom stereocenters. The number of hydrogen-bond donors (Lipinski definition) is 1. The van der Waals surface area contributed by atoms with Gasteiger partial charge in [0.15, 0.2) is 0 Å². The summed E-state index contributed by atoms with van der Waals surface area (Å²) in [5, 5.41) is 11.0. The van der Waals surface area contributed by atoms with Crippen LogP contribution in [0.3, 0.4) is 0 Å². The number of carbonyl (C=O) groups is 3. The normalized spacial score (nSPS) is 13.3. The molecule has 0 spiro atoms. The first-order valence-corrected chi connectivity index (χ1v) is 9.54. The number of rotatable bonds is 9. The Kier molecular flexibility index (Phi) is 9.11. The molecule has 11 nitrogen and oxygen atoms in total. The molecule has 152 valence electrons. The monoisotopic (exact) mass is 436 g/mol. The number of unbranched alkanes of at least 4 members (excludes halogenated alkanes) is 2. The molecule has 0 saturated carbocycles. The van der Waals surface area contributed by atoms with Gasteiger partial charge in [-0.05, 0) is 25.0 Å². The van der Waals surface area contributed by atoms with Crippen LogP contribution >= 0.6 is 0 Å². The van der Waals surface area contributed by atoms with Gasteiger partial charge in [0.25, 0.3) is 21.9 Å². The van der Waals surface area contributed by atoms with Crippen LogP contribution in [0.2, 0.25) is 0 Å². The van der Waals surface area contributed by atoms with Crippen LogP contribution in [0.5, 0.6) is 5.75 Å². The number of ether oxygens (including phenoxy) is 1. The standard InChI is InChI=1S/C16H16N2O9S.Na.H/c19-14-7-8-15(20)17(14)9-3-1-2-4-16(21)27-13-6-5-11(28(24,25)26)10-12(13)18(22)23;;/h5-8,10H,1-4,9H2,(H,24,25,26);;. The predicted molar refractivity (Wildman–Crippen MR) is 100 cm³/mol. The van der Waals surface area contributed by atoms with E-state index in [0.29, 0.717) is 25.3 Å². The molecule has 1 aromatic carbocycles. The molecule has 1 N–H and O–H groups in total. The minimum absolute atomic E-state index is 0. The summed E-state index contributed by atoms with van der Waals surface area (Å²) in [6.07, 6.45) is 3.64. The Bertz CT molecular complexity index is 941. The first kappa shape index (κ1) is 24.9. The van der Waals surface area contributed by atoms with Gasteiger partial charge in [-0.3, -0.25) is 34.0 Å². The fourth-order valence-electron chi connectivity index (χ4n) is 2.43. The van der Waals surface area contributed by atoms with Gasteiger partial charge in [0.2, 0.25) is 5.75 Å². The summed E-state index contributed by atoms with van der Waals surface area (Å²) in [4.78, 5) is 45.1. The molecule has 1 aliphatic heterocycles. The molecule has 0 aliphatic carbocycles. The number of nitro groups is 1. The molecule has 0 saturated heterocycles. The van der Waals surface area contributed by atoms with Crippen molar-refractivity contribution in [3.63, 3.8) is 0 Å². The van der Waals surface area contributed by atoms with Gasteiger partial charge in [-0.15, -0.1) is 0 Å². The third-order valence-corrected chi connectivity index (χ3v) is 4.66. The van der Waals surface area contributed by atoms with Crippen LogP contribution in [0.15, 0.2) is 35.2 Å². The maximum absolute atomic E-state index is 11.9. The van der Waals surface area contributed by atoms with E-state index in [1.165, 1.54) is 12.2 Å². The molecule has 0 radical (unpaired) electrons. The minimum atomic E-state index is -4.64. The molecule has 0 atom stereocenters. The first-order chi connectivity index (χ1) is 13.1. The second kappa shape index (κ2) is 10.6. The van der Waals surface area contributed by atoms with Crippen molar-refractivity contribution < 1.29 is 37.0 Å². The van der Waals surface area contributed by atoms with Gasteiger partial charge in [-0.1, -0.05) is 6.42 Å². The van der Waals surface area contributed by atoms with Crippen molar-refractivity contribution in [3.05, 3.63) is 40.5 Å². The van der Waals surface area contributed by atoms with E-state index in [0.717, 1.165) is 17.0 Å². The van der Waals surface area contributed by atoms with E-state index < -0.39 is 37.3 Å². The fraction of sp³-hybridized carbons (Fsp3) is 0.312. The van der Waals surface area contributed by atoms with Crippen molar-refractivity contribution in [2.24, 2.45) is 0 Å². The van der Waals surface area contributed by atoms with Gasteiger partial charge in [0.1, 0.15) is 4.90 Å². The third kappa shape index (κ3) is 7.01. The van der Waals surface area contributed by atoms with Gasteiger partial charge < -0.3 is 4.74 Å². The Morgan fingerprint density at radius 1 is 1.14 bits per heavy atom. The van der Waals surface area contributed by atoms with Crippen molar-refractivity contribution in [2.45, 2.75) is 30.6 Å². The zero-order chi connectivity index (χ0) is 20.9. The quantitative estimate of drug-likeness (QED) is 0.0853. The number of benzene rings is 1. The summed E-state index contributed by atoms with van der Waals surface area (Å²) >= 11 is 0. The molecule has 1 heterocycles. The summed E-state index contributed by atoms with van der Waals surface area (Å²) in [5.41, 5.74) is -0.776. The van der Waals surface area contributed by atoms with Crippen molar-refractivity contribution >= 4 is 63.1 Å². The Morgan fingerprint density at radius 2 is 1.76 bits per heavy atom. The third-order valence-electron chi connectivity index (χ3n) is 3.81. The Balaban J connectivity index is 0.00000420. The molecule has 2 amide bonds. The average Bonchev–Trinajstić information content (AvgIpc) is 2.92.